The van der Waals surface area contributed by atoms with Crippen LogP contribution in [0.15, 0.2) is 53.4 Å². The molecule has 0 bridgehead atoms. The van der Waals surface area contributed by atoms with E-state index >= 15 is 0 Å². The number of rotatable bonds is 8. The van der Waals surface area contributed by atoms with Gasteiger partial charge in [0.2, 0.25) is 10.0 Å². The van der Waals surface area contributed by atoms with Gasteiger partial charge in [0, 0.05) is 11.6 Å². The lowest BCUT2D eigenvalue weighted by Gasteiger charge is -2.09. The molecule has 5 nitrogen and oxygen atoms in total. The standard InChI is InChI=1S/C16H18ClNO4S/c1-2-21-14-7-9-16(10-8-14)23(19,20)18-11-12-22-15-5-3-13(17)4-6-15/h3-10,18H,2,11-12H2,1H3. The maximum atomic E-state index is 12.1. The van der Waals surface area contributed by atoms with Crippen molar-refractivity contribution in [1.82, 2.24) is 4.72 Å². The van der Waals surface area contributed by atoms with E-state index in [-0.39, 0.29) is 18.0 Å². The van der Waals surface area contributed by atoms with Crippen LogP contribution in [0.1, 0.15) is 6.92 Å². The summed E-state index contributed by atoms with van der Waals surface area (Å²) in [4.78, 5) is 0.187. The fourth-order valence-corrected chi connectivity index (χ4v) is 2.98. The Morgan fingerprint density at radius 1 is 0.957 bits per heavy atom. The number of sulfonamides is 1. The maximum Gasteiger partial charge on any atom is 0.240 e. The van der Waals surface area contributed by atoms with Crippen molar-refractivity contribution >= 4 is 21.6 Å². The summed E-state index contributed by atoms with van der Waals surface area (Å²) in [6.07, 6.45) is 0. The van der Waals surface area contributed by atoms with Gasteiger partial charge in [-0.3, -0.25) is 0 Å². The third kappa shape index (κ3) is 5.42. The summed E-state index contributed by atoms with van der Waals surface area (Å²) >= 11 is 5.78. The van der Waals surface area contributed by atoms with Gasteiger partial charge in [0.15, 0.2) is 0 Å². The minimum atomic E-state index is -3.56. The van der Waals surface area contributed by atoms with Crippen LogP contribution < -0.4 is 14.2 Å². The minimum Gasteiger partial charge on any atom is -0.494 e. The zero-order chi connectivity index (χ0) is 16.7. The summed E-state index contributed by atoms with van der Waals surface area (Å²) in [6.45, 7) is 2.79. The van der Waals surface area contributed by atoms with Crippen molar-refractivity contribution in [2.75, 3.05) is 19.8 Å². The molecular formula is C16H18ClNO4S. The smallest absolute Gasteiger partial charge is 0.240 e. The summed E-state index contributed by atoms with van der Waals surface area (Å²) in [5.74, 6) is 1.27. The Morgan fingerprint density at radius 3 is 2.13 bits per heavy atom. The van der Waals surface area contributed by atoms with Crippen LogP contribution in [0, 0.1) is 0 Å². The third-order valence-electron chi connectivity index (χ3n) is 2.92. The molecule has 0 amide bonds. The summed E-state index contributed by atoms with van der Waals surface area (Å²) in [5.41, 5.74) is 0. The Balaban J connectivity index is 1.84. The molecule has 1 N–H and O–H groups in total. The van der Waals surface area contributed by atoms with Gasteiger partial charge in [-0.25, -0.2) is 13.1 Å². The summed E-state index contributed by atoms with van der Waals surface area (Å²) < 4.78 is 37.5. The zero-order valence-corrected chi connectivity index (χ0v) is 14.2. The second kappa shape index (κ2) is 8.19. The molecule has 0 saturated carbocycles. The first kappa shape index (κ1) is 17.6. The molecule has 2 rings (SSSR count). The van der Waals surface area contributed by atoms with Crippen molar-refractivity contribution in [2.45, 2.75) is 11.8 Å². The Morgan fingerprint density at radius 2 is 1.52 bits per heavy atom. The number of hydrogen-bond acceptors (Lipinski definition) is 4. The quantitative estimate of drug-likeness (QED) is 0.739. The van der Waals surface area contributed by atoms with E-state index in [1.54, 1.807) is 36.4 Å². The van der Waals surface area contributed by atoms with Crippen LogP contribution in [-0.2, 0) is 10.0 Å². The van der Waals surface area contributed by atoms with Gasteiger partial charge in [-0.15, -0.1) is 0 Å². The van der Waals surface area contributed by atoms with E-state index in [9.17, 15) is 8.42 Å². The van der Waals surface area contributed by atoms with Crippen LogP contribution in [-0.4, -0.2) is 28.2 Å². The number of nitrogens with one attached hydrogen (secondary N) is 1. The monoisotopic (exact) mass is 355 g/mol. The molecule has 0 aliphatic heterocycles. The van der Waals surface area contributed by atoms with Gasteiger partial charge in [-0.1, -0.05) is 11.6 Å². The first-order valence-corrected chi connectivity index (χ1v) is 8.98. The lowest BCUT2D eigenvalue weighted by molar-refractivity contribution is 0.323. The molecule has 2 aromatic rings. The molecule has 0 spiro atoms. The minimum absolute atomic E-state index is 0.165. The summed E-state index contributed by atoms with van der Waals surface area (Å²) in [7, 11) is -3.56. The second-order valence-electron chi connectivity index (χ2n) is 4.60. The first-order chi connectivity index (χ1) is 11.0. The Labute approximate surface area is 141 Å². The average Bonchev–Trinajstić information content (AvgIpc) is 2.54. The molecule has 0 aliphatic carbocycles. The van der Waals surface area contributed by atoms with Crippen LogP contribution in [0.25, 0.3) is 0 Å². The molecule has 0 aromatic heterocycles. The molecule has 0 fully saturated rings. The molecule has 0 aliphatic rings. The van der Waals surface area contributed by atoms with E-state index in [4.69, 9.17) is 21.1 Å². The predicted molar refractivity (Wildman–Crippen MR) is 89.7 cm³/mol. The molecule has 0 unspecified atom stereocenters. The van der Waals surface area contributed by atoms with Crippen LogP contribution in [0.4, 0.5) is 0 Å². The van der Waals surface area contributed by atoms with Crippen LogP contribution in [0.5, 0.6) is 11.5 Å². The fraction of sp³-hybridized carbons (Fsp3) is 0.250. The molecular weight excluding hydrogens is 338 g/mol. The number of benzene rings is 2. The molecule has 0 atom stereocenters. The predicted octanol–water partition coefficient (Wildman–Crippen LogP) is 3.10. The van der Waals surface area contributed by atoms with Gasteiger partial charge in [0.05, 0.1) is 11.5 Å². The van der Waals surface area contributed by atoms with Gasteiger partial charge in [-0.2, -0.15) is 0 Å². The average molecular weight is 356 g/mol. The first-order valence-electron chi connectivity index (χ1n) is 7.12. The van der Waals surface area contributed by atoms with E-state index in [1.165, 1.54) is 12.1 Å². The van der Waals surface area contributed by atoms with E-state index in [0.717, 1.165) is 0 Å². The van der Waals surface area contributed by atoms with Crippen LogP contribution >= 0.6 is 11.6 Å². The van der Waals surface area contributed by atoms with Crippen LogP contribution in [0.3, 0.4) is 0 Å². The van der Waals surface area contributed by atoms with Gasteiger partial charge >= 0.3 is 0 Å². The topological polar surface area (TPSA) is 64.6 Å². The lowest BCUT2D eigenvalue weighted by Crippen LogP contribution is -2.28. The zero-order valence-electron chi connectivity index (χ0n) is 12.7. The molecule has 0 heterocycles. The van der Waals surface area contributed by atoms with E-state index in [2.05, 4.69) is 4.72 Å². The van der Waals surface area contributed by atoms with Crippen molar-refractivity contribution in [2.24, 2.45) is 0 Å². The Bertz CT molecular complexity index is 715. The molecule has 0 saturated heterocycles. The van der Waals surface area contributed by atoms with Crippen molar-refractivity contribution in [1.29, 1.82) is 0 Å². The largest absolute Gasteiger partial charge is 0.494 e. The molecule has 23 heavy (non-hydrogen) atoms. The normalized spacial score (nSPS) is 11.2. The van der Waals surface area contributed by atoms with Gasteiger partial charge in [0.1, 0.15) is 18.1 Å². The van der Waals surface area contributed by atoms with Gasteiger partial charge < -0.3 is 9.47 Å². The molecule has 7 heteroatoms. The summed E-state index contributed by atoms with van der Waals surface area (Å²) in [6, 6.07) is 13.1. The van der Waals surface area contributed by atoms with Gasteiger partial charge in [0.25, 0.3) is 0 Å². The van der Waals surface area contributed by atoms with E-state index < -0.39 is 10.0 Å². The molecule has 2 aromatic carbocycles. The highest BCUT2D eigenvalue weighted by molar-refractivity contribution is 7.89. The third-order valence-corrected chi connectivity index (χ3v) is 4.65. The van der Waals surface area contributed by atoms with Gasteiger partial charge in [-0.05, 0) is 55.5 Å². The number of hydrogen-bond donors (Lipinski definition) is 1. The Hall–Kier alpha value is -1.76. The lowest BCUT2D eigenvalue weighted by atomic mass is 10.3. The fourth-order valence-electron chi connectivity index (χ4n) is 1.84. The van der Waals surface area contributed by atoms with Crippen molar-refractivity contribution in [3.63, 3.8) is 0 Å². The summed E-state index contributed by atoms with van der Waals surface area (Å²) in [5, 5.41) is 0.619. The highest BCUT2D eigenvalue weighted by Crippen LogP contribution is 2.16. The van der Waals surface area contributed by atoms with Crippen molar-refractivity contribution in [3.05, 3.63) is 53.6 Å². The SMILES string of the molecule is CCOc1ccc(S(=O)(=O)NCCOc2ccc(Cl)cc2)cc1. The highest BCUT2D eigenvalue weighted by atomic mass is 35.5. The van der Waals surface area contributed by atoms with Crippen LogP contribution in [0.2, 0.25) is 5.02 Å². The van der Waals surface area contributed by atoms with Crippen molar-refractivity contribution in [3.8, 4) is 11.5 Å². The number of ether oxygens (including phenoxy) is 2. The Kier molecular flexibility index (Phi) is 6.27. The second-order valence-corrected chi connectivity index (χ2v) is 6.81. The molecule has 0 radical (unpaired) electrons. The van der Waals surface area contributed by atoms with E-state index in [0.29, 0.717) is 23.1 Å². The highest BCUT2D eigenvalue weighted by Gasteiger charge is 2.13. The van der Waals surface area contributed by atoms with E-state index in [1.807, 2.05) is 6.92 Å². The molecule has 124 valence electrons. The number of halogens is 1. The maximum absolute atomic E-state index is 12.1. The van der Waals surface area contributed by atoms with Crippen molar-refractivity contribution < 1.29 is 17.9 Å².